The van der Waals surface area contributed by atoms with Crippen molar-refractivity contribution in [1.82, 2.24) is 9.88 Å². The van der Waals surface area contributed by atoms with Crippen LogP contribution in [0, 0.1) is 0 Å². The van der Waals surface area contributed by atoms with Crippen molar-refractivity contribution in [3.63, 3.8) is 0 Å². The van der Waals surface area contributed by atoms with Crippen LogP contribution in [0.4, 0.5) is 0 Å². The standard InChI is InChI=1S/C12H22N2S/c1-12(2,3)15-9-7-13-10-11-6-5-8-14(11)4/h5-6,8,13H,7,9-10H2,1-4H3. The first-order valence-corrected chi connectivity index (χ1v) is 6.42. The lowest BCUT2D eigenvalue weighted by Crippen LogP contribution is -2.20. The first-order valence-electron chi connectivity index (χ1n) is 5.44. The minimum absolute atomic E-state index is 0.382. The molecule has 1 heterocycles. The number of aryl methyl sites for hydroxylation is 1. The third-order valence-electron chi connectivity index (χ3n) is 2.17. The molecular weight excluding hydrogens is 204 g/mol. The quantitative estimate of drug-likeness (QED) is 0.777. The molecule has 0 saturated heterocycles. The summed E-state index contributed by atoms with van der Waals surface area (Å²) in [6.07, 6.45) is 2.08. The van der Waals surface area contributed by atoms with Gasteiger partial charge in [-0.25, -0.2) is 0 Å². The SMILES string of the molecule is Cn1cccc1CNCCSC(C)(C)C. The van der Waals surface area contributed by atoms with Gasteiger partial charge < -0.3 is 9.88 Å². The first-order chi connectivity index (χ1) is 6.99. The van der Waals surface area contributed by atoms with Gasteiger partial charge in [-0.3, -0.25) is 0 Å². The van der Waals surface area contributed by atoms with Crippen LogP contribution in [0.1, 0.15) is 26.5 Å². The van der Waals surface area contributed by atoms with Gasteiger partial charge in [0.1, 0.15) is 0 Å². The summed E-state index contributed by atoms with van der Waals surface area (Å²) in [4.78, 5) is 0. The van der Waals surface area contributed by atoms with Crippen LogP contribution in [0.15, 0.2) is 18.3 Å². The Labute approximate surface area is 97.4 Å². The molecule has 0 radical (unpaired) electrons. The molecule has 15 heavy (non-hydrogen) atoms. The molecule has 0 amide bonds. The van der Waals surface area contributed by atoms with E-state index in [0.29, 0.717) is 4.75 Å². The molecule has 0 unspecified atom stereocenters. The van der Waals surface area contributed by atoms with Crippen LogP contribution in [0.5, 0.6) is 0 Å². The van der Waals surface area contributed by atoms with Gasteiger partial charge in [-0.15, -0.1) is 0 Å². The number of hydrogen-bond acceptors (Lipinski definition) is 2. The first kappa shape index (κ1) is 12.7. The monoisotopic (exact) mass is 226 g/mol. The van der Waals surface area contributed by atoms with Crippen LogP contribution in [0.25, 0.3) is 0 Å². The van der Waals surface area contributed by atoms with E-state index in [1.54, 1.807) is 0 Å². The molecule has 3 heteroatoms. The van der Waals surface area contributed by atoms with Gasteiger partial charge in [0.15, 0.2) is 0 Å². The van der Waals surface area contributed by atoms with Crippen molar-refractivity contribution in [2.75, 3.05) is 12.3 Å². The number of thioether (sulfide) groups is 1. The Morgan fingerprint density at radius 1 is 1.40 bits per heavy atom. The van der Waals surface area contributed by atoms with Crippen molar-refractivity contribution in [2.45, 2.75) is 32.1 Å². The highest BCUT2D eigenvalue weighted by Gasteiger charge is 2.09. The molecule has 1 aromatic rings. The average Bonchev–Trinajstić information content (AvgIpc) is 2.49. The number of nitrogens with zero attached hydrogens (tertiary/aromatic N) is 1. The van der Waals surface area contributed by atoms with Gasteiger partial charge in [0, 0.05) is 42.5 Å². The van der Waals surface area contributed by atoms with Gasteiger partial charge in [-0.05, 0) is 12.1 Å². The van der Waals surface area contributed by atoms with Gasteiger partial charge in [-0.2, -0.15) is 11.8 Å². The molecule has 0 spiro atoms. The van der Waals surface area contributed by atoms with Crippen LogP contribution in [0.3, 0.4) is 0 Å². The van der Waals surface area contributed by atoms with Crippen molar-refractivity contribution >= 4 is 11.8 Å². The highest BCUT2D eigenvalue weighted by molar-refractivity contribution is 8.00. The minimum Gasteiger partial charge on any atom is -0.353 e. The second-order valence-electron chi connectivity index (χ2n) is 4.75. The Hall–Kier alpha value is -0.410. The summed E-state index contributed by atoms with van der Waals surface area (Å²) in [6.45, 7) is 8.82. The van der Waals surface area contributed by atoms with Crippen molar-refractivity contribution in [2.24, 2.45) is 7.05 Å². The van der Waals surface area contributed by atoms with E-state index in [2.05, 4.69) is 56.0 Å². The van der Waals surface area contributed by atoms with E-state index < -0.39 is 0 Å². The van der Waals surface area contributed by atoms with E-state index in [-0.39, 0.29) is 0 Å². The van der Waals surface area contributed by atoms with Crippen molar-refractivity contribution in [3.8, 4) is 0 Å². The summed E-state index contributed by atoms with van der Waals surface area (Å²) < 4.78 is 2.54. The number of nitrogens with one attached hydrogen (secondary N) is 1. The summed E-state index contributed by atoms with van der Waals surface area (Å²) in [6, 6.07) is 4.24. The lowest BCUT2D eigenvalue weighted by atomic mass is 10.3. The topological polar surface area (TPSA) is 17.0 Å². The van der Waals surface area contributed by atoms with E-state index in [1.807, 2.05) is 11.8 Å². The third kappa shape index (κ3) is 5.28. The molecule has 1 aromatic heterocycles. The largest absolute Gasteiger partial charge is 0.353 e. The zero-order chi connectivity index (χ0) is 11.3. The molecule has 1 rings (SSSR count). The second-order valence-corrected chi connectivity index (χ2v) is 6.67. The fourth-order valence-corrected chi connectivity index (χ4v) is 2.18. The molecular formula is C12H22N2S. The number of rotatable bonds is 5. The molecule has 0 atom stereocenters. The highest BCUT2D eigenvalue weighted by atomic mass is 32.2. The normalized spacial score (nSPS) is 12.0. The fourth-order valence-electron chi connectivity index (χ4n) is 1.33. The predicted octanol–water partition coefficient (Wildman–Crippen LogP) is 2.65. The molecule has 0 aliphatic heterocycles. The number of aromatic nitrogens is 1. The fraction of sp³-hybridized carbons (Fsp3) is 0.667. The summed E-state index contributed by atoms with van der Waals surface area (Å²) in [5.41, 5.74) is 1.34. The average molecular weight is 226 g/mol. The van der Waals surface area contributed by atoms with Gasteiger partial charge in [-0.1, -0.05) is 20.8 Å². The maximum atomic E-state index is 3.46. The Kier molecular flexibility index (Phi) is 4.74. The Bertz CT molecular complexity index is 286. The molecule has 1 N–H and O–H groups in total. The molecule has 0 aliphatic rings. The third-order valence-corrected chi connectivity index (χ3v) is 3.45. The van der Waals surface area contributed by atoms with Gasteiger partial charge in [0.2, 0.25) is 0 Å². The molecule has 0 bridgehead atoms. The van der Waals surface area contributed by atoms with Crippen molar-refractivity contribution in [3.05, 3.63) is 24.0 Å². The van der Waals surface area contributed by atoms with E-state index >= 15 is 0 Å². The van der Waals surface area contributed by atoms with Crippen LogP contribution in [-0.2, 0) is 13.6 Å². The Morgan fingerprint density at radius 2 is 2.13 bits per heavy atom. The Morgan fingerprint density at radius 3 is 2.67 bits per heavy atom. The molecule has 86 valence electrons. The highest BCUT2D eigenvalue weighted by Crippen LogP contribution is 2.21. The summed E-state index contributed by atoms with van der Waals surface area (Å²) in [7, 11) is 2.08. The maximum absolute atomic E-state index is 3.46. The van der Waals surface area contributed by atoms with Crippen LogP contribution in [-0.4, -0.2) is 21.6 Å². The van der Waals surface area contributed by atoms with Gasteiger partial charge in [0.25, 0.3) is 0 Å². The van der Waals surface area contributed by atoms with Gasteiger partial charge >= 0.3 is 0 Å². The van der Waals surface area contributed by atoms with Crippen LogP contribution in [0.2, 0.25) is 0 Å². The van der Waals surface area contributed by atoms with Gasteiger partial charge in [0.05, 0.1) is 0 Å². The predicted molar refractivity (Wildman–Crippen MR) is 69.3 cm³/mol. The maximum Gasteiger partial charge on any atom is 0.0359 e. The van der Waals surface area contributed by atoms with Crippen molar-refractivity contribution in [1.29, 1.82) is 0 Å². The van der Waals surface area contributed by atoms with E-state index in [9.17, 15) is 0 Å². The number of hydrogen-bond donors (Lipinski definition) is 1. The lowest BCUT2D eigenvalue weighted by Gasteiger charge is -2.17. The lowest BCUT2D eigenvalue weighted by molar-refractivity contribution is 0.681. The summed E-state index contributed by atoms with van der Waals surface area (Å²) >= 11 is 2.01. The zero-order valence-electron chi connectivity index (χ0n) is 10.2. The molecule has 0 aliphatic carbocycles. The molecule has 2 nitrogen and oxygen atoms in total. The minimum atomic E-state index is 0.382. The zero-order valence-corrected chi connectivity index (χ0v) is 11.0. The van der Waals surface area contributed by atoms with Crippen LogP contribution < -0.4 is 5.32 Å². The second kappa shape index (κ2) is 5.61. The summed E-state index contributed by atoms with van der Waals surface area (Å²) in [5, 5.41) is 3.46. The molecule has 0 saturated carbocycles. The van der Waals surface area contributed by atoms with Crippen LogP contribution >= 0.6 is 11.8 Å². The van der Waals surface area contributed by atoms with E-state index in [4.69, 9.17) is 0 Å². The molecule has 0 aromatic carbocycles. The molecule has 0 fully saturated rings. The summed E-state index contributed by atoms with van der Waals surface area (Å²) in [5.74, 6) is 1.17. The Balaban J connectivity index is 2.10. The van der Waals surface area contributed by atoms with Crippen molar-refractivity contribution < 1.29 is 0 Å². The van der Waals surface area contributed by atoms with E-state index in [1.165, 1.54) is 11.4 Å². The van der Waals surface area contributed by atoms with E-state index in [0.717, 1.165) is 13.1 Å². The smallest absolute Gasteiger partial charge is 0.0359 e.